The molecule has 0 amide bonds. The van der Waals surface area contributed by atoms with Crippen molar-refractivity contribution in [3.05, 3.63) is 30.4 Å². The fourth-order valence-corrected chi connectivity index (χ4v) is 1.97. The molecule has 108 valence electrons. The minimum Gasteiger partial charge on any atom is -0.385 e. The molecular formula is C15H22N4O. The number of unbranched alkanes of at least 4 members (excludes halogenated alkanes) is 1. The number of aliphatic hydroxyl groups excluding tert-OH is 1. The van der Waals surface area contributed by atoms with Gasteiger partial charge in [-0.05, 0) is 24.5 Å². The molecule has 0 aliphatic heterocycles. The van der Waals surface area contributed by atoms with Gasteiger partial charge in [-0.1, -0.05) is 27.2 Å². The van der Waals surface area contributed by atoms with Crippen molar-refractivity contribution in [2.75, 3.05) is 0 Å². The van der Waals surface area contributed by atoms with E-state index < -0.39 is 6.10 Å². The van der Waals surface area contributed by atoms with Crippen molar-refractivity contribution in [2.24, 2.45) is 5.92 Å². The van der Waals surface area contributed by atoms with Crippen molar-refractivity contribution in [3.8, 4) is 11.4 Å². The lowest BCUT2D eigenvalue weighted by Crippen LogP contribution is -2.14. The number of rotatable bonds is 6. The van der Waals surface area contributed by atoms with Crippen LogP contribution in [-0.2, 0) is 6.54 Å². The summed E-state index contributed by atoms with van der Waals surface area (Å²) in [6.45, 7) is 6.89. The van der Waals surface area contributed by atoms with Gasteiger partial charge in [0, 0.05) is 24.5 Å². The zero-order valence-corrected chi connectivity index (χ0v) is 12.3. The van der Waals surface area contributed by atoms with Crippen molar-refractivity contribution >= 4 is 0 Å². The van der Waals surface area contributed by atoms with Gasteiger partial charge in [0.05, 0.1) is 0 Å². The number of aryl methyl sites for hydroxylation is 1. The molecule has 1 N–H and O–H groups in total. The van der Waals surface area contributed by atoms with Crippen molar-refractivity contribution in [1.29, 1.82) is 0 Å². The summed E-state index contributed by atoms with van der Waals surface area (Å²) < 4.78 is 1.84. The van der Waals surface area contributed by atoms with E-state index in [0.717, 1.165) is 24.9 Å². The van der Waals surface area contributed by atoms with Crippen molar-refractivity contribution < 1.29 is 5.11 Å². The van der Waals surface area contributed by atoms with Crippen LogP contribution in [0.5, 0.6) is 0 Å². The largest absolute Gasteiger partial charge is 0.385 e. The van der Waals surface area contributed by atoms with Crippen molar-refractivity contribution in [1.82, 2.24) is 19.7 Å². The van der Waals surface area contributed by atoms with Crippen molar-refractivity contribution in [2.45, 2.75) is 46.3 Å². The topological polar surface area (TPSA) is 63.8 Å². The van der Waals surface area contributed by atoms with Gasteiger partial charge < -0.3 is 5.11 Å². The summed E-state index contributed by atoms with van der Waals surface area (Å²) in [5.74, 6) is 1.42. The molecule has 20 heavy (non-hydrogen) atoms. The van der Waals surface area contributed by atoms with E-state index in [2.05, 4.69) is 22.0 Å². The van der Waals surface area contributed by atoms with E-state index in [4.69, 9.17) is 0 Å². The Labute approximate surface area is 119 Å². The van der Waals surface area contributed by atoms with E-state index in [-0.39, 0.29) is 5.92 Å². The second kappa shape index (κ2) is 6.61. The van der Waals surface area contributed by atoms with Gasteiger partial charge in [0.2, 0.25) is 0 Å². The van der Waals surface area contributed by atoms with Crippen LogP contribution >= 0.6 is 0 Å². The Hall–Kier alpha value is -1.75. The highest BCUT2D eigenvalue weighted by Gasteiger charge is 2.21. The molecule has 0 radical (unpaired) electrons. The molecule has 2 heterocycles. The highest BCUT2D eigenvalue weighted by molar-refractivity contribution is 5.53. The van der Waals surface area contributed by atoms with Gasteiger partial charge >= 0.3 is 0 Å². The number of hydrogen-bond acceptors (Lipinski definition) is 4. The fraction of sp³-hybridized carbons (Fsp3) is 0.533. The molecule has 2 aromatic heterocycles. The zero-order valence-electron chi connectivity index (χ0n) is 12.3. The molecule has 0 spiro atoms. The standard InChI is InChI=1S/C15H22N4O/c1-4-5-10-19-15(13(20)11(2)3)17-14(18-19)12-6-8-16-9-7-12/h6-9,11,13,20H,4-5,10H2,1-3H3/t13-/m1/s1. The highest BCUT2D eigenvalue weighted by Crippen LogP contribution is 2.23. The third-order valence-electron chi connectivity index (χ3n) is 3.26. The Morgan fingerprint density at radius 1 is 1.25 bits per heavy atom. The lowest BCUT2D eigenvalue weighted by Gasteiger charge is -2.14. The van der Waals surface area contributed by atoms with Gasteiger partial charge in [-0.25, -0.2) is 9.67 Å². The summed E-state index contributed by atoms with van der Waals surface area (Å²) in [4.78, 5) is 8.53. The molecule has 0 saturated heterocycles. The number of nitrogens with zero attached hydrogens (tertiary/aromatic N) is 4. The van der Waals surface area contributed by atoms with Gasteiger partial charge in [-0.2, -0.15) is 5.10 Å². The minimum atomic E-state index is -0.588. The normalized spacial score (nSPS) is 12.8. The summed E-state index contributed by atoms with van der Waals surface area (Å²) >= 11 is 0. The van der Waals surface area contributed by atoms with Crippen LogP contribution in [0.25, 0.3) is 11.4 Å². The van der Waals surface area contributed by atoms with Crippen LogP contribution in [0.4, 0.5) is 0 Å². The first-order chi connectivity index (χ1) is 9.63. The van der Waals surface area contributed by atoms with E-state index >= 15 is 0 Å². The predicted molar refractivity (Wildman–Crippen MR) is 78.0 cm³/mol. The van der Waals surface area contributed by atoms with Crippen LogP contribution in [0.15, 0.2) is 24.5 Å². The number of pyridine rings is 1. The first-order valence-corrected chi connectivity index (χ1v) is 7.16. The monoisotopic (exact) mass is 274 g/mol. The van der Waals surface area contributed by atoms with Crippen LogP contribution in [0.2, 0.25) is 0 Å². The molecule has 5 heteroatoms. The quantitative estimate of drug-likeness (QED) is 0.879. The van der Waals surface area contributed by atoms with E-state index in [1.807, 2.05) is 30.7 Å². The highest BCUT2D eigenvalue weighted by atomic mass is 16.3. The second-order valence-corrected chi connectivity index (χ2v) is 5.30. The van der Waals surface area contributed by atoms with Crippen molar-refractivity contribution in [3.63, 3.8) is 0 Å². The molecule has 1 atom stereocenters. The lowest BCUT2D eigenvalue weighted by atomic mass is 10.1. The molecule has 5 nitrogen and oxygen atoms in total. The van der Waals surface area contributed by atoms with Gasteiger partial charge in [0.15, 0.2) is 11.6 Å². The SMILES string of the molecule is CCCCn1nc(-c2ccncc2)nc1[C@H](O)C(C)C. The lowest BCUT2D eigenvalue weighted by molar-refractivity contribution is 0.112. The first kappa shape index (κ1) is 14.7. The minimum absolute atomic E-state index is 0.116. The van der Waals surface area contributed by atoms with Crippen LogP contribution in [0, 0.1) is 5.92 Å². The molecule has 0 saturated carbocycles. The first-order valence-electron chi connectivity index (χ1n) is 7.16. The third kappa shape index (κ3) is 3.22. The third-order valence-corrected chi connectivity index (χ3v) is 3.26. The summed E-state index contributed by atoms with van der Waals surface area (Å²) in [6, 6.07) is 3.76. The summed E-state index contributed by atoms with van der Waals surface area (Å²) in [5.41, 5.74) is 0.924. The number of aliphatic hydroxyl groups is 1. The number of aromatic nitrogens is 4. The zero-order chi connectivity index (χ0) is 14.5. The molecular weight excluding hydrogens is 252 g/mol. The Bertz CT molecular complexity index is 536. The fourth-order valence-electron chi connectivity index (χ4n) is 1.97. The summed E-state index contributed by atoms with van der Waals surface area (Å²) in [6.07, 6.45) is 4.97. The Balaban J connectivity index is 2.36. The van der Waals surface area contributed by atoms with Gasteiger partial charge in [-0.3, -0.25) is 4.98 Å². The molecule has 0 bridgehead atoms. The van der Waals surface area contributed by atoms with Crippen LogP contribution < -0.4 is 0 Å². The smallest absolute Gasteiger partial charge is 0.181 e. The maximum absolute atomic E-state index is 10.3. The second-order valence-electron chi connectivity index (χ2n) is 5.30. The Morgan fingerprint density at radius 3 is 2.55 bits per heavy atom. The van der Waals surface area contributed by atoms with Gasteiger partial charge in [-0.15, -0.1) is 0 Å². The molecule has 0 unspecified atom stereocenters. The maximum Gasteiger partial charge on any atom is 0.181 e. The molecule has 2 rings (SSSR count). The molecule has 2 aromatic rings. The molecule has 0 aromatic carbocycles. The van der Waals surface area contributed by atoms with Crippen LogP contribution in [-0.4, -0.2) is 24.9 Å². The van der Waals surface area contributed by atoms with Gasteiger partial charge in [0.25, 0.3) is 0 Å². The molecule has 0 aliphatic carbocycles. The van der Waals surface area contributed by atoms with E-state index in [0.29, 0.717) is 11.6 Å². The molecule has 0 fully saturated rings. The predicted octanol–water partition coefficient (Wildman–Crippen LogP) is 2.83. The van der Waals surface area contributed by atoms with E-state index in [1.165, 1.54) is 0 Å². The average Bonchev–Trinajstić information content (AvgIpc) is 2.89. The summed E-state index contributed by atoms with van der Waals surface area (Å²) in [7, 11) is 0. The van der Waals surface area contributed by atoms with E-state index in [9.17, 15) is 5.11 Å². The van der Waals surface area contributed by atoms with E-state index in [1.54, 1.807) is 12.4 Å². The maximum atomic E-state index is 10.3. The Morgan fingerprint density at radius 2 is 1.95 bits per heavy atom. The van der Waals surface area contributed by atoms with Crippen LogP contribution in [0.1, 0.15) is 45.5 Å². The Kier molecular flexibility index (Phi) is 4.84. The summed E-state index contributed by atoms with van der Waals surface area (Å²) in [5, 5.41) is 14.8. The molecule has 0 aliphatic rings. The van der Waals surface area contributed by atoms with Crippen LogP contribution in [0.3, 0.4) is 0 Å². The number of hydrogen-bond donors (Lipinski definition) is 1. The average molecular weight is 274 g/mol. The van der Waals surface area contributed by atoms with Gasteiger partial charge in [0.1, 0.15) is 6.10 Å².